The average molecular weight is 496 g/mol. The summed E-state index contributed by atoms with van der Waals surface area (Å²) in [6.45, 7) is 1.54. The summed E-state index contributed by atoms with van der Waals surface area (Å²) in [6.07, 6.45) is 2.72. The van der Waals surface area contributed by atoms with Gasteiger partial charge in [0.1, 0.15) is 5.82 Å². The van der Waals surface area contributed by atoms with Crippen LogP contribution in [0.15, 0.2) is 47.6 Å². The lowest BCUT2D eigenvalue weighted by Crippen LogP contribution is -2.37. The third-order valence-electron chi connectivity index (χ3n) is 4.56. The molecular weight excluding hydrogens is 474 g/mol. The van der Waals surface area contributed by atoms with Crippen LogP contribution in [0.25, 0.3) is 10.9 Å². The second-order valence-electron chi connectivity index (χ2n) is 6.26. The van der Waals surface area contributed by atoms with Gasteiger partial charge in [0.2, 0.25) is 6.79 Å². The number of hydrogen-bond donors (Lipinski definition) is 3. The van der Waals surface area contributed by atoms with Crippen molar-refractivity contribution in [3.63, 3.8) is 0 Å². The minimum atomic E-state index is -0.236. The van der Waals surface area contributed by atoms with Crippen molar-refractivity contribution in [2.45, 2.75) is 13.0 Å². The topological polar surface area (TPSA) is 70.7 Å². The number of ether oxygens (including phenoxy) is 2. The van der Waals surface area contributed by atoms with Gasteiger partial charge in [0.15, 0.2) is 17.5 Å². The number of para-hydroxylation sites is 1. The van der Waals surface area contributed by atoms with Gasteiger partial charge >= 0.3 is 0 Å². The number of nitrogens with one attached hydrogen (secondary N) is 3. The highest BCUT2D eigenvalue weighted by Crippen LogP contribution is 2.35. The number of benzene rings is 2. The second kappa shape index (κ2) is 9.13. The number of aromatic amines is 1. The predicted molar refractivity (Wildman–Crippen MR) is 118 cm³/mol. The number of hydrogen-bond acceptors (Lipinski definition) is 3. The molecule has 3 aromatic rings. The summed E-state index contributed by atoms with van der Waals surface area (Å²) in [6, 6.07) is 10.6. The number of guanidine groups is 1. The number of rotatable bonds is 5. The molecule has 1 aliphatic rings. The zero-order valence-electron chi connectivity index (χ0n) is 15.4. The van der Waals surface area contributed by atoms with E-state index in [-0.39, 0.29) is 36.6 Å². The van der Waals surface area contributed by atoms with Crippen molar-refractivity contribution in [2.75, 3.05) is 20.4 Å². The van der Waals surface area contributed by atoms with Crippen molar-refractivity contribution in [3.8, 4) is 11.5 Å². The molecule has 2 aromatic carbocycles. The molecule has 1 aliphatic heterocycles. The molecule has 0 fully saturated rings. The molecule has 148 valence electrons. The van der Waals surface area contributed by atoms with Gasteiger partial charge in [0.05, 0.1) is 0 Å². The predicted octanol–water partition coefficient (Wildman–Crippen LogP) is 3.56. The zero-order valence-corrected chi connectivity index (χ0v) is 17.8. The Morgan fingerprint density at radius 3 is 2.93 bits per heavy atom. The largest absolute Gasteiger partial charge is 0.454 e. The van der Waals surface area contributed by atoms with E-state index in [0.29, 0.717) is 19.0 Å². The van der Waals surface area contributed by atoms with Crippen LogP contribution in [0.5, 0.6) is 11.5 Å². The van der Waals surface area contributed by atoms with E-state index in [9.17, 15) is 4.39 Å². The van der Waals surface area contributed by atoms with Crippen LogP contribution in [0.4, 0.5) is 4.39 Å². The number of aliphatic imine (C=N–C) groups is 1. The van der Waals surface area contributed by atoms with Crippen LogP contribution in [0.2, 0.25) is 0 Å². The molecule has 0 bridgehead atoms. The fraction of sp³-hybridized carbons (Fsp3) is 0.250. The Kier molecular flexibility index (Phi) is 6.61. The van der Waals surface area contributed by atoms with Crippen LogP contribution in [-0.2, 0) is 13.0 Å². The van der Waals surface area contributed by atoms with E-state index in [1.165, 1.54) is 12.1 Å². The summed E-state index contributed by atoms with van der Waals surface area (Å²) in [7, 11) is 1.73. The van der Waals surface area contributed by atoms with E-state index in [0.717, 1.165) is 39.9 Å². The molecule has 0 atom stereocenters. The first-order chi connectivity index (χ1) is 13.2. The Morgan fingerprint density at radius 2 is 2.07 bits per heavy atom. The lowest BCUT2D eigenvalue weighted by atomic mass is 10.1. The summed E-state index contributed by atoms with van der Waals surface area (Å²) < 4.78 is 24.2. The van der Waals surface area contributed by atoms with Gasteiger partial charge in [-0.3, -0.25) is 4.99 Å². The number of fused-ring (bicyclic) bond motifs is 2. The van der Waals surface area contributed by atoms with E-state index >= 15 is 0 Å². The Morgan fingerprint density at radius 1 is 1.18 bits per heavy atom. The molecule has 0 saturated heterocycles. The van der Waals surface area contributed by atoms with Crippen LogP contribution in [0.3, 0.4) is 0 Å². The van der Waals surface area contributed by atoms with Gasteiger partial charge < -0.3 is 25.1 Å². The van der Waals surface area contributed by atoms with E-state index < -0.39 is 0 Å². The van der Waals surface area contributed by atoms with E-state index in [1.807, 2.05) is 30.5 Å². The van der Waals surface area contributed by atoms with Crippen LogP contribution >= 0.6 is 24.0 Å². The quantitative estimate of drug-likeness (QED) is 0.287. The lowest BCUT2D eigenvalue weighted by molar-refractivity contribution is 0.173. The van der Waals surface area contributed by atoms with Crippen molar-refractivity contribution in [1.82, 2.24) is 15.6 Å². The smallest absolute Gasteiger partial charge is 0.231 e. The van der Waals surface area contributed by atoms with Gasteiger partial charge in [-0.2, -0.15) is 0 Å². The summed E-state index contributed by atoms with van der Waals surface area (Å²) in [4.78, 5) is 7.37. The highest BCUT2D eigenvalue weighted by Gasteiger charge is 2.17. The number of nitrogens with zero attached hydrogens (tertiary/aromatic N) is 1. The highest BCUT2D eigenvalue weighted by atomic mass is 127. The van der Waals surface area contributed by atoms with Crippen LogP contribution in [0, 0.1) is 5.82 Å². The molecule has 28 heavy (non-hydrogen) atoms. The van der Waals surface area contributed by atoms with Crippen molar-refractivity contribution >= 4 is 40.8 Å². The fourth-order valence-corrected chi connectivity index (χ4v) is 3.21. The van der Waals surface area contributed by atoms with Crippen LogP contribution in [0.1, 0.15) is 11.1 Å². The molecule has 2 heterocycles. The molecule has 3 N–H and O–H groups in total. The molecule has 0 amide bonds. The lowest BCUT2D eigenvalue weighted by Gasteiger charge is -2.13. The van der Waals surface area contributed by atoms with Crippen LogP contribution in [-0.4, -0.2) is 31.3 Å². The van der Waals surface area contributed by atoms with Gasteiger partial charge in [0.25, 0.3) is 0 Å². The molecule has 0 radical (unpaired) electrons. The summed E-state index contributed by atoms with van der Waals surface area (Å²) >= 11 is 0. The van der Waals surface area contributed by atoms with E-state index in [1.54, 1.807) is 7.05 Å². The maximum absolute atomic E-state index is 13.3. The maximum atomic E-state index is 13.3. The molecule has 0 aliphatic carbocycles. The molecule has 8 heteroatoms. The summed E-state index contributed by atoms with van der Waals surface area (Å²) in [5.74, 6) is 2.03. The first-order valence-electron chi connectivity index (χ1n) is 8.82. The number of aromatic nitrogens is 1. The Hall–Kier alpha value is -2.49. The molecule has 4 rings (SSSR count). The monoisotopic (exact) mass is 496 g/mol. The van der Waals surface area contributed by atoms with Crippen molar-refractivity contribution in [2.24, 2.45) is 4.99 Å². The maximum Gasteiger partial charge on any atom is 0.231 e. The number of H-pyrrole nitrogens is 1. The highest BCUT2D eigenvalue weighted by molar-refractivity contribution is 14.0. The fourth-order valence-electron chi connectivity index (χ4n) is 3.21. The standard InChI is InChI=1S/C20H21FN4O2.HI/c1-22-20(25-11-14-3-2-4-18-19(14)27-12-26-18)23-8-7-13-10-24-17-9-15(21)5-6-16(13)17;/h2-6,9-10,24H,7-8,11-12H2,1H3,(H2,22,23,25);1H. The second-order valence-corrected chi connectivity index (χ2v) is 6.26. The average Bonchev–Trinajstić information content (AvgIpc) is 3.31. The van der Waals surface area contributed by atoms with Gasteiger partial charge in [-0.05, 0) is 36.2 Å². The Labute approximate surface area is 179 Å². The minimum absolute atomic E-state index is 0. The van der Waals surface area contributed by atoms with Gasteiger partial charge in [-0.15, -0.1) is 24.0 Å². The van der Waals surface area contributed by atoms with Crippen molar-refractivity contribution in [3.05, 3.63) is 59.5 Å². The SMILES string of the molecule is CN=C(NCCc1c[nH]c2cc(F)ccc12)NCc1cccc2c1OCO2.I. The van der Waals surface area contributed by atoms with Gasteiger partial charge in [-0.1, -0.05) is 12.1 Å². The molecule has 0 unspecified atom stereocenters. The molecule has 0 saturated carbocycles. The van der Waals surface area contributed by atoms with Crippen LogP contribution < -0.4 is 20.1 Å². The molecule has 1 aromatic heterocycles. The molecular formula is C20H22FIN4O2. The Bertz CT molecular complexity index is 989. The molecule has 0 spiro atoms. The van der Waals surface area contributed by atoms with Crippen molar-refractivity contribution in [1.29, 1.82) is 0 Å². The summed E-state index contributed by atoms with van der Waals surface area (Å²) in [5, 5.41) is 7.63. The first kappa shape index (κ1) is 20.2. The zero-order chi connectivity index (χ0) is 18.6. The van der Waals surface area contributed by atoms with E-state index in [2.05, 4.69) is 20.6 Å². The first-order valence-corrected chi connectivity index (χ1v) is 8.82. The van der Waals surface area contributed by atoms with Gasteiger partial charge in [-0.25, -0.2) is 4.39 Å². The normalized spacial score (nSPS) is 12.7. The minimum Gasteiger partial charge on any atom is -0.454 e. The summed E-state index contributed by atoms with van der Waals surface area (Å²) in [5.41, 5.74) is 2.97. The van der Waals surface area contributed by atoms with Gasteiger partial charge in [0, 0.05) is 42.8 Å². The third-order valence-corrected chi connectivity index (χ3v) is 4.56. The molecule has 6 nitrogen and oxygen atoms in total. The number of halogens is 2. The third kappa shape index (κ3) is 4.32. The Balaban J connectivity index is 0.00000225. The van der Waals surface area contributed by atoms with E-state index in [4.69, 9.17) is 9.47 Å². The van der Waals surface area contributed by atoms with Crippen molar-refractivity contribution < 1.29 is 13.9 Å².